The number of carbonyl (C=O) groups excluding carboxylic acids is 2. The van der Waals surface area contributed by atoms with Crippen molar-refractivity contribution < 1.29 is 106 Å². The van der Waals surface area contributed by atoms with Gasteiger partial charge in [-0.3, -0.25) is 8.98 Å². The van der Waals surface area contributed by atoms with E-state index in [9.17, 15) is 48.1 Å². The van der Waals surface area contributed by atoms with E-state index in [1.165, 1.54) is 141 Å². The molecule has 2 aliphatic heterocycles. The Balaban J connectivity index is 0.0000274. The minimum absolute atomic E-state index is 0. The second kappa shape index (κ2) is 42.2. The SMILES string of the molecule is CCCCCCCCCCCCCCCC[C@H](C)C[C@H](C)C[C@H](C)/C=C(\C)C(=O)O[C@H]1[C@H](O)[C@@H](CO)O[C@H](O[C@H]2O[C@H](CO)[C@@H](O)[C@H](O)[C@H]2OS(=O)(=O)[O-])[C@@H]1OC(=O)CCCCCCCCCCCCCCC.[Na+]. The zero-order valence-electron chi connectivity index (χ0n) is 47.1. The van der Waals surface area contributed by atoms with Crippen LogP contribution in [0.15, 0.2) is 11.6 Å². The van der Waals surface area contributed by atoms with E-state index in [0.717, 1.165) is 44.9 Å². The summed E-state index contributed by atoms with van der Waals surface area (Å²) in [5.41, 5.74) is 0.219. The van der Waals surface area contributed by atoms with Crippen LogP contribution in [-0.4, -0.2) is 125 Å². The van der Waals surface area contributed by atoms with Gasteiger partial charge < -0.3 is 53.8 Å². The van der Waals surface area contributed by atoms with Crippen LogP contribution in [-0.2, 0) is 47.9 Å². The van der Waals surface area contributed by atoms with Crippen LogP contribution in [0.25, 0.3) is 0 Å². The number of aliphatic hydroxyl groups excluding tert-OH is 5. The molecule has 0 aromatic rings. The van der Waals surface area contributed by atoms with Gasteiger partial charge in [0.05, 0.1) is 13.2 Å². The van der Waals surface area contributed by atoms with Gasteiger partial charge in [-0.25, -0.2) is 13.2 Å². The molecule has 0 aromatic heterocycles. The van der Waals surface area contributed by atoms with Crippen LogP contribution in [0, 0.1) is 17.8 Å². The number of esters is 2. The van der Waals surface area contributed by atoms with Crippen molar-refractivity contribution in [2.45, 2.75) is 302 Å². The Hall–Kier alpha value is -0.770. The molecule has 2 heterocycles. The van der Waals surface area contributed by atoms with Gasteiger partial charge >= 0.3 is 41.5 Å². The molecule has 18 heteroatoms. The van der Waals surface area contributed by atoms with E-state index in [1.807, 2.05) is 6.92 Å². The summed E-state index contributed by atoms with van der Waals surface area (Å²) in [6.07, 6.45) is 19.0. The van der Waals surface area contributed by atoms with E-state index < -0.39 is 97.0 Å². The third-order valence-corrected chi connectivity index (χ3v) is 15.1. The Labute approximate surface area is 469 Å². The van der Waals surface area contributed by atoms with Crippen LogP contribution >= 0.6 is 0 Å². The summed E-state index contributed by atoms with van der Waals surface area (Å²) in [4.78, 5) is 27.4. The molecule has 0 radical (unpaired) electrons. The topological polar surface area (TPSA) is 248 Å². The zero-order valence-corrected chi connectivity index (χ0v) is 49.9. The van der Waals surface area contributed by atoms with Crippen molar-refractivity contribution in [2.75, 3.05) is 13.2 Å². The van der Waals surface area contributed by atoms with E-state index in [-0.39, 0.29) is 47.5 Å². The predicted molar refractivity (Wildman–Crippen MR) is 281 cm³/mol. The normalized spacial score (nSPS) is 25.8. The molecule has 0 amide bonds. The molecule has 0 spiro atoms. The maximum absolute atomic E-state index is 13.8. The van der Waals surface area contributed by atoms with Crippen molar-refractivity contribution in [1.82, 2.24) is 0 Å². The van der Waals surface area contributed by atoms with Crippen LogP contribution in [0.3, 0.4) is 0 Å². The van der Waals surface area contributed by atoms with Crippen molar-refractivity contribution in [3.05, 3.63) is 11.6 Å². The molecule has 0 unspecified atom stereocenters. The fourth-order valence-corrected chi connectivity index (χ4v) is 10.9. The number of hydrogen-bond donors (Lipinski definition) is 5. The summed E-state index contributed by atoms with van der Waals surface area (Å²) < 4.78 is 68.6. The van der Waals surface area contributed by atoms with Gasteiger partial charge in [0.15, 0.2) is 24.6 Å². The van der Waals surface area contributed by atoms with Gasteiger partial charge in [-0.2, -0.15) is 0 Å². The second-order valence-corrected chi connectivity index (χ2v) is 22.7. The van der Waals surface area contributed by atoms with Crippen molar-refractivity contribution in [3.63, 3.8) is 0 Å². The van der Waals surface area contributed by atoms with Crippen LogP contribution in [0.1, 0.15) is 241 Å². The minimum atomic E-state index is -5.56. The first-order valence-electron chi connectivity index (χ1n) is 28.9. The van der Waals surface area contributed by atoms with Gasteiger partial charge in [0.25, 0.3) is 0 Å². The Bertz CT molecular complexity index is 1570. The smallest absolute Gasteiger partial charge is 0.726 e. The average molecular weight is 1090 g/mol. The van der Waals surface area contributed by atoms with Gasteiger partial charge in [-0.1, -0.05) is 214 Å². The molecule has 430 valence electrons. The van der Waals surface area contributed by atoms with E-state index in [2.05, 4.69) is 31.9 Å². The van der Waals surface area contributed by atoms with Crippen molar-refractivity contribution >= 4 is 22.3 Å². The third-order valence-electron chi connectivity index (χ3n) is 14.6. The van der Waals surface area contributed by atoms with E-state index >= 15 is 0 Å². The molecule has 0 bridgehead atoms. The molecule has 16 nitrogen and oxygen atoms in total. The van der Waals surface area contributed by atoms with E-state index in [1.54, 1.807) is 13.0 Å². The molecule has 2 rings (SSSR count). The van der Waals surface area contributed by atoms with E-state index in [4.69, 9.17) is 23.7 Å². The first-order valence-corrected chi connectivity index (χ1v) is 30.2. The van der Waals surface area contributed by atoms with Crippen LogP contribution in [0.5, 0.6) is 0 Å². The molecule has 0 saturated carbocycles. The molecular formula is C56H103NaO16S. The monoisotopic (exact) mass is 1090 g/mol. The number of ether oxygens (including phenoxy) is 5. The molecule has 74 heavy (non-hydrogen) atoms. The summed E-state index contributed by atoms with van der Waals surface area (Å²) in [5.74, 6) is -0.692. The number of unbranched alkanes of at least 4 members (excludes halogenated alkanes) is 25. The molecule has 13 atom stereocenters. The summed E-state index contributed by atoms with van der Waals surface area (Å²) in [6.45, 7) is 10.8. The Morgan fingerprint density at radius 3 is 1.43 bits per heavy atom. The third kappa shape index (κ3) is 30.6. The Kier molecular flexibility index (Phi) is 40.6. The van der Waals surface area contributed by atoms with Crippen molar-refractivity contribution in [1.29, 1.82) is 0 Å². The second-order valence-electron chi connectivity index (χ2n) is 21.7. The first kappa shape index (κ1) is 71.2. The quantitative estimate of drug-likeness (QED) is 0.0101. The fraction of sp³-hybridized carbons (Fsp3) is 0.929. The molecule has 2 aliphatic rings. The average Bonchev–Trinajstić information content (AvgIpc) is 3.34. The van der Waals surface area contributed by atoms with E-state index in [0.29, 0.717) is 18.3 Å². The van der Waals surface area contributed by atoms with Crippen LogP contribution < -0.4 is 29.6 Å². The predicted octanol–water partition coefficient (Wildman–Crippen LogP) is 7.18. The summed E-state index contributed by atoms with van der Waals surface area (Å²) in [6, 6.07) is 0. The van der Waals surface area contributed by atoms with Gasteiger partial charge in [0.1, 0.15) is 30.5 Å². The zero-order chi connectivity index (χ0) is 54.0. The van der Waals surface area contributed by atoms with Gasteiger partial charge in [-0.05, 0) is 43.9 Å². The molecule has 5 N–H and O–H groups in total. The minimum Gasteiger partial charge on any atom is -0.726 e. The van der Waals surface area contributed by atoms with Gasteiger partial charge in [0, 0.05) is 12.0 Å². The largest absolute Gasteiger partial charge is 1.00 e. The standard InChI is InChI=1S/C56H104O16S.Na/c1-7-9-11-13-15-17-19-21-23-24-26-28-30-32-34-41(3)36-42(4)37-43(5)38-44(6)54(63)70-51-49(61)46(40-58)68-56(71-55-52(72-73(64,65)66)50(62)48(60)45(39-57)67-55)53(51)69-47(59)35-33-31-29-27-25-22-20-18-16-14-12-10-8-2;/h38,41-43,45-46,48-53,55-58,60-62H,7-37,39-40H2,1-6H3,(H,64,65,66);/q;+1/p-1/b44-38+;/t41-,42-,43-,45+,46+,48+,49+,50-,51-,52+,53+,55+,56+;/m0./s1. The number of allylic oxidation sites excluding steroid dienone is 1. The first-order chi connectivity index (χ1) is 35.0. The van der Waals surface area contributed by atoms with Crippen molar-refractivity contribution in [3.8, 4) is 0 Å². The van der Waals surface area contributed by atoms with Crippen molar-refractivity contribution in [2.24, 2.45) is 17.8 Å². The van der Waals surface area contributed by atoms with Gasteiger partial charge in [-0.15, -0.1) is 0 Å². The molecule has 0 aliphatic carbocycles. The van der Waals surface area contributed by atoms with Crippen LogP contribution in [0.2, 0.25) is 0 Å². The summed E-state index contributed by atoms with van der Waals surface area (Å²) in [7, 11) is -5.56. The number of carbonyl (C=O) groups is 2. The molecule has 2 saturated heterocycles. The van der Waals surface area contributed by atoms with Gasteiger partial charge in [0.2, 0.25) is 16.7 Å². The molecule has 2 fully saturated rings. The maximum atomic E-state index is 13.8. The summed E-state index contributed by atoms with van der Waals surface area (Å²) in [5, 5.41) is 52.9. The van der Waals surface area contributed by atoms with Crippen LogP contribution in [0.4, 0.5) is 0 Å². The number of hydrogen-bond acceptors (Lipinski definition) is 16. The number of aliphatic hydroxyl groups is 5. The molecule has 0 aromatic carbocycles. The Morgan fingerprint density at radius 1 is 0.568 bits per heavy atom. The molecular weight excluding hydrogens is 984 g/mol. The number of rotatable bonds is 43. The maximum Gasteiger partial charge on any atom is 1.00 e. The fourth-order valence-electron chi connectivity index (χ4n) is 10.4. The summed E-state index contributed by atoms with van der Waals surface area (Å²) >= 11 is 0. The Morgan fingerprint density at radius 2 is 0.986 bits per heavy atom.